The van der Waals surface area contributed by atoms with Gasteiger partial charge in [0.05, 0.1) is 0 Å². The van der Waals surface area contributed by atoms with Crippen LogP contribution < -0.4 is 0 Å². The van der Waals surface area contributed by atoms with Crippen molar-refractivity contribution in [2.75, 3.05) is 5.75 Å². The maximum atomic E-state index is 11.9. The van der Waals surface area contributed by atoms with Gasteiger partial charge in [-0.05, 0) is 24.1 Å². The second kappa shape index (κ2) is 7.15. The van der Waals surface area contributed by atoms with Crippen molar-refractivity contribution in [1.29, 1.82) is 0 Å². The van der Waals surface area contributed by atoms with E-state index >= 15 is 0 Å². The molecule has 0 bridgehead atoms. The van der Waals surface area contributed by atoms with E-state index in [4.69, 9.17) is 0 Å². The van der Waals surface area contributed by atoms with Crippen molar-refractivity contribution in [2.24, 2.45) is 0 Å². The van der Waals surface area contributed by atoms with Crippen molar-refractivity contribution >= 4 is 17.5 Å². The topological polar surface area (TPSA) is 17.1 Å². The molecule has 0 heterocycles. The number of thioether (sulfide) groups is 1. The highest BCUT2D eigenvalue weighted by Gasteiger charge is 2.04. The van der Waals surface area contributed by atoms with Gasteiger partial charge < -0.3 is 0 Å². The standard InChI is InChI=1S/C17H18OS/c1-2-14-8-10-16(11-9-14)19-13-12-17(18)15-6-4-3-5-7-15/h3-11H,2,12-13H2,1H3. The molecule has 0 saturated carbocycles. The lowest BCUT2D eigenvalue weighted by atomic mass is 10.1. The summed E-state index contributed by atoms with van der Waals surface area (Å²) < 4.78 is 0. The molecule has 19 heavy (non-hydrogen) atoms. The fourth-order valence-corrected chi connectivity index (χ4v) is 2.70. The largest absolute Gasteiger partial charge is 0.294 e. The first-order valence-electron chi connectivity index (χ1n) is 6.59. The molecule has 0 aliphatic heterocycles. The first kappa shape index (κ1) is 13.9. The Hall–Kier alpha value is -1.54. The molecule has 0 atom stereocenters. The van der Waals surface area contributed by atoms with E-state index in [1.165, 1.54) is 10.5 Å². The van der Waals surface area contributed by atoms with Crippen molar-refractivity contribution in [3.63, 3.8) is 0 Å². The molecule has 0 radical (unpaired) electrons. The van der Waals surface area contributed by atoms with Gasteiger partial charge in [-0.3, -0.25) is 4.79 Å². The van der Waals surface area contributed by atoms with Crippen LogP contribution in [0.15, 0.2) is 59.5 Å². The van der Waals surface area contributed by atoms with E-state index in [2.05, 4.69) is 31.2 Å². The Bertz CT molecular complexity index is 517. The maximum absolute atomic E-state index is 11.9. The van der Waals surface area contributed by atoms with Crippen LogP contribution in [0.2, 0.25) is 0 Å². The van der Waals surface area contributed by atoms with Crippen molar-refractivity contribution in [1.82, 2.24) is 0 Å². The van der Waals surface area contributed by atoms with Gasteiger partial charge in [0.25, 0.3) is 0 Å². The van der Waals surface area contributed by atoms with E-state index in [9.17, 15) is 4.79 Å². The summed E-state index contributed by atoms with van der Waals surface area (Å²) in [7, 11) is 0. The third kappa shape index (κ3) is 4.25. The zero-order valence-electron chi connectivity index (χ0n) is 11.1. The number of rotatable bonds is 6. The average Bonchev–Trinajstić information content (AvgIpc) is 2.49. The van der Waals surface area contributed by atoms with Crippen molar-refractivity contribution < 1.29 is 4.79 Å². The second-order valence-corrected chi connectivity index (χ2v) is 5.55. The smallest absolute Gasteiger partial charge is 0.163 e. The Morgan fingerprint density at radius 2 is 1.68 bits per heavy atom. The molecule has 0 spiro atoms. The normalized spacial score (nSPS) is 10.4. The third-order valence-electron chi connectivity index (χ3n) is 3.03. The lowest BCUT2D eigenvalue weighted by molar-refractivity contribution is 0.0989. The SMILES string of the molecule is CCc1ccc(SCCC(=O)c2ccccc2)cc1. The van der Waals surface area contributed by atoms with Gasteiger partial charge in [-0.1, -0.05) is 49.4 Å². The fraction of sp³-hybridized carbons (Fsp3) is 0.235. The van der Waals surface area contributed by atoms with Crippen LogP contribution >= 0.6 is 11.8 Å². The Morgan fingerprint density at radius 3 is 2.32 bits per heavy atom. The van der Waals surface area contributed by atoms with E-state index in [1.54, 1.807) is 11.8 Å². The molecule has 0 unspecified atom stereocenters. The molecular weight excluding hydrogens is 252 g/mol. The van der Waals surface area contributed by atoms with Crippen LogP contribution in [-0.4, -0.2) is 11.5 Å². The number of carbonyl (C=O) groups is 1. The zero-order chi connectivity index (χ0) is 13.5. The zero-order valence-corrected chi connectivity index (χ0v) is 12.0. The van der Waals surface area contributed by atoms with E-state index in [0.717, 1.165) is 17.7 Å². The van der Waals surface area contributed by atoms with Gasteiger partial charge in [0, 0.05) is 22.6 Å². The molecule has 0 aliphatic carbocycles. The van der Waals surface area contributed by atoms with E-state index in [0.29, 0.717) is 6.42 Å². The average molecular weight is 270 g/mol. The maximum Gasteiger partial charge on any atom is 0.163 e. The van der Waals surface area contributed by atoms with Gasteiger partial charge >= 0.3 is 0 Å². The summed E-state index contributed by atoms with van der Waals surface area (Å²) in [5.74, 6) is 1.05. The summed E-state index contributed by atoms with van der Waals surface area (Å²) in [6, 6.07) is 18.1. The van der Waals surface area contributed by atoms with Gasteiger partial charge in [-0.2, -0.15) is 0 Å². The van der Waals surface area contributed by atoms with Crippen LogP contribution in [0.1, 0.15) is 29.3 Å². The number of Topliss-reactive ketones (excluding diaryl/α,β-unsaturated/α-hetero) is 1. The lowest BCUT2D eigenvalue weighted by Gasteiger charge is -2.03. The van der Waals surface area contributed by atoms with Crippen LogP contribution in [0, 0.1) is 0 Å². The highest BCUT2D eigenvalue weighted by molar-refractivity contribution is 7.99. The predicted octanol–water partition coefficient (Wildman–Crippen LogP) is 4.61. The first-order valence-corrected chi connectivity index (χ1v) is 7.58. The molecular formula is C17H18OS. The van der Waals surface area contributed by atoms with Crippen LogP contribution in [0.5, 0.6) is 0 Å². The summed E-state index contributed by atoms with van der Waals surface area (Å²) in [5.41, 5.74) is 2.16. The van der Waals surface area contributed by atoms with Crippen molar-refractivity contribution in [3.05, 3.63) is 65.7 Å². The minimum absolute atomic E-state index is 0.221. The molecule has 2 aromatic rings. The first-order chi connectivity index (χ1) is 9.29. The van der Waals surface area contributed by atoms with Gasteiger partial charge in [-0.15, -0.1) is 11.8 Å². The number of hydrogen-bond acceptors (Lipinski definition) is 2. The van der Waals surface area contributed by atoms with Crippen molar-refractivity contribution in [2.45, 2.75) is 24.7 Å². The van der Waals surface area contributed by atoms with E-state index in [-0.39, 0.29) is 5.78 Å². The quantitative estimate of drug-likeness (QED) is 0.563. The molecule has 98 valence electrons. The second-order valence-electron chi connectivity index (χ2n) is 4.39. The van der Waals surface area contributed by atoms with Gasteiger partial charge in [-0.25, -0.2) is 0 Å². The number of benzene rings is 2. The molecule has 0 aliphatic rings. The molecule has 1 nitrogen and oxygen atoms in total. The minimum Gasteiger partial charge on any atom is -0.294 e. The van der Waals surface area contributed by atoms with Crippen LogP contribution in [-0.2, 0) is 6.42 Å². The van der Waals surface area contributed by atoms with E-state index < -0.39 is 0 Å². The molecule has 0 amide bonds. The highest BCUT2D eigenvalue weighted by atomic mass is 32.2. The number of ketones is 1. The van der Waals surface area contributed by atoms with Gasteiger partial charge in [0.1, 0.15) is 0 Å². The lowest BCUT2D eigenvalue weighted by Crippen LogP contribution is -1.99. The van der Waals surface area contributed by atoms with Crippen LogP contribution in [0.25, 0.3) is 0 Å². The Kier molecular flexibility index (Phi) is 5.22. The summed E-state index contributed by atoms with van der Waals surface area (Å²) in [6.45, 7) is 2.15. The number of carbonyl (C=O) groups excluding carboxylic acids is 1. The monoisotopic (exact) mass is 270 g/mol. The molecule has 0 aromatic heterocycles. The van der Waals surface area contributed by atoms with Crippen LogP contribution in [0.3, 0.4) is 0 Å². The minimum atomic E-state index is 0.221. The predicted molar refractivity (Wildman–Crippen MR) is 81.9 cm³/mol. The Labute approximate surface area is 119 Å². The molecule has 2 aromatic carbocycles. The summed E-state index contributed by atoms with van der Waals surface area (Å²) >= 11 is 1.74. The summed E-state index contributed by atoms with van der Waals surface area (Å²) in [6.07, 6.45) is 1.65. The third-order valence-corrected chi connectivity index (χ3v) is 4.04. The fourth-order valence-electron chi connectivity index (χ4n) is 1.85. The Morgan fingerprint density at radius 1 is 1.00 bits per heavy atom. The Balaban J connectivity index is 1.81. The molecule has 2 heteroatoms. The van der Waals surface area contributed by atoms with Gasteiger partial charge in [0.15, 0.2) is 5.78 Å². The highest BCUT2D eigenvalue weighted by Crippen LogP contribution is 2.20. The van der Waals surface area contributed by atoms with Gasteiger partial charge in [0.2, 0.25) is 0 Å². The van der Waals surface area contributed by atoms with Crippen molar-refractivity contribution in [3.8, 4) is 0 Å². The number of aryl methyl sites for hydroxylation is 1. The summed E-state index contributed by atoms with van der Waals surface area (Å²) in [5, 5.41) is 0. The summed E-state index contributed by atoms with van der Waals surface area (Å²) in [4.78, 5) is 13.2. The molecule has 2 rings (SSSR count). The number of hydrogen-bond donors (Lipinski definition) is 0. The molecule has 0 fully saturated rings. The van der Waals surface area contributed by atoms with Crippen LogP contribution in [0.4, 0.5) is 0 Å². The molecule has 0 N–H and O–H groups in total. The molecule has 0 saturated heterocycles. The van der Waals surface area contributed by atoms with E-state index in [1.807, 2.05) is 30.3 Å².